The Bertz CT molecular complexity index is 277. The van der Waals surface area contributed by atoms with E-state index in [1.54, 1.807) is 0 Å². The molecule has 0 amide bonds. The molecule has 2 N–H and O–H groups in total. The highest BCUT2D eigenvalue weighted by Gasteiger charge is 2.01. The Morgan fingerprint density at radius 2 is 1.86 bits per heavy atom. The van der Waals surface area contributed by atoms with Gasteiger partial charge in [-0.25, -0.2) is 0 Å². The van der Waals surface area contributed by atoms with Crippen molar-refractivity contribution in [1.29, 1.82) is 0 Å². The zero-order valence-electron chi connectivity index (χ0n) is 9.51. The van der Waals surface area contributed by atoms with E-state index >= 15 is 0 Å². The first-order valence-electron chi connectivity index (χ1n) is 5.14. The van der Waals surface area contributed by atoms with E-state index < -0.39 is 0 Å². The van der Waals surface area contributed by atoms with Crippen LogP contribution >= 0.6 is 0 Å². The van der Waals surface area contributed by atoms with Crippen LogP contribution in [0, 0.1) is 0 Å². The zero-order valence-corrected chi connectivity index (χ0v) is 9.51. The first-order chi connectivity index (χ1) is 6.83. The highest BCUT2D eigenvalue weighted by atomic mass is 14.4. The fourth-order valence-corrected chi connectivity index (χ4v) is 1.61. The van der Waals surface area contributed by atoms with Crippen LogP contribution in [0.15, 0.2) is 24.8 Å². The van der Waals surface area contributed by atoms with Crippen LogP contribution in [0.3, 0.4) is 0 Å². The van der Waals surface area contributed by atoms with Gasteiger partial charge in [-0.15, -0.1) is 0 Å². The van der Waals surface area contributed by atoms with E-state index in [9.17, 15) is 0 Å². The Morgan fingerprint density at radius 3 is 2.29 bits per heavy atom. The predicted molar refractivity (Wildman–Crippen MR) is 65.4 cm³/mol. The van der Waals surface area contributed by atoms with Gasteiger partial charge in [-0.2, -0.15) is 0 Å². The van der Waals surface area contributed by atoms with E-state index in [0.717, 1.165) is 12.8 Å². The molecular formula is C13H21N. The zero-order chi connectivity index (χ0) is 11.0. The second-order valence-corrected chi connectivity index (χ2v) is 2.90. The van der Waals surface area contributed by atoms with Crippen LogP contribution in [0.4, 0.5) is 0 Å². The maximum atomic E-state index is 4.50. The fraction of sp³-hybridized carbons (Fsp3) is 0.385. The monoisotopic (exact) mass is 191 g/mol. The molecule has 78 valence electrons. The summed E-state index contributed by atoms with van der Waals surface area (Å²) in [5, 5.41) is 0. The lowest BCUT2D eigenvalue weighted by molar-refractivity contribution is 1.03. The summed E-state index contributed by atoms with van der Waals surface area (Å²) >= 11 is 0. The van der Waals surface area contributed by atoms with Crippen LogP contribution in [0.1, 0.15) is 30.5 Å². The summed E-state index contributed by atoms with van der Waals surface area (Å²) in [7, 11) is 1.50. The highest BCUT2D eigenvalue weighted by Crippen LogP contribution is 2.17. The number of hydrogen-bond donors (Lipinski definition) is 1. The Kier molecular flexibility index (Phi) is 6.77. The predicted octanol–water partition coefficient (Wildman–Crippen LogP) is 3.03. The molecule has 0 aliphatic rings. The molecule has 1 heteroatoms. The van der Waals surface area contributed by atoms with Crippen LogP contribution in [0.25, 0.3) is 6.08 Å². The van der Waals surface area contributed by atoms with Gasteiger partial charge in [0, 0.05) is 0 Å². The molecule has 0 aliphatic carbocycles. The molecule has 0 unspecified atom stereocenters. The largest absolute Gasteiger partial charge is 0.333 e. The van der Waals surface area contributed by atoms with Gasteiger partial charge >= 0.3 is 0 Å². The normalized spacial score (nSPS) is 8.86. The number of nitrogens with two attached hydrogens (primary N) is 1. The van der Waals surface area contributed by atoms with Gasteiger partial charge in [0.25, 0.3) is 0 Å². The van der Waals surface area contributed by atoms with Crippen molar-refractivity contribution in [2.45, 2.75) is 26.7 Å². The first-order valence-corrected chi connectivity index (χ1v) is 5.14. The summed E-state index contributed by atoms with van der Waals surface area (Å²) in [5.41, 5.74) is 8.70. The maximum Gasteiger partial charge on any atom is -0.0195 e. The third-order valence-electron chi connectivity index (χ3n) is 2.26. The van der Waals surface area contributed by atoms with Gasteiger partial charge in [0.05, 0.1) is 0 Å². The number of aryl methyl sites for hydroxylation is 1. The van der Waals surface area contributed by atoms with E-state index in [-0.39, 0.29) is 0 Å². The summed E-state index contributed by atoms with van der Waals surface area (Å²) in [4.78, 5) is 0. The third-order valence-corrected chi connectivity index (χ3v) is 2.26. The minimum atomic E-state index is 1.10. The second kappa shape index (κ2) is 7.34. The molecule has 1 nitrogen and oxygen atoms in total. The van der Waals surface area contributed by atoms with Crippen molar-refractivity contribution in [2.75, 3.05) is 7.05 Å². The molecule has 1 aromatic rings. The number of hydrogen-bond acceptors (Lipinski definition) is 1. The molecule has 0 aliphatic heterocycles. The van der Waals surface area contributed by atoms with Crippen LogP contribution < -0.4 is 5.73 Å². The molecule has 0 spiro atoms. The molecule has 0 heterocycles. The number of rotatable bonds is 3. The van der Waals surface area contributed by atoms with E-state index in [1.807, 2.05) is 6.08 Å². The average molecular weight is 191 g/mol. The second-order valence-electron chi connectivity index (χ2n) is 2.90. The van der Waals surface area contributed by atoms with Crippen LogP contribution in [-0.4, -0.2) is 7.05 Å². The summed E-state index contributed by atoms with van der Waals surface area (Å²) in [6.45, 7) is 8.21. The summed E-state index contributed by atoms with van der Waals surface area (Å²) in [5.74, 6) is 0. The standard InChI is InChI=1S/C12H16.CH5N/c1-4-10-8-7-9-11(5-2)12(10)6-3;1-2/h4,7-9H,1,5-6H2,2-3H3;2H2,1H3. The molecule has 0 fully saturated rings. The Labute approximate surface area is 87.6 Å². The van der Waals surface area contributed by atoms with E-state index in [0.29, 0.717) is 0 Å². The molecule has 14 heavy (non-hydrogen) atoms. The average Bonchev–Trinajstić information content (AvgIpc) is 2.30. The minimum absolute atomic E-state index is 1.10. The molecule has 0 bridgehead atoms. The fourth-order valence-electron chi connectivity index (χ4n) is 1.61. The quantitative estimate of drug-likeness (QED) is 0.781. The SMILES string of the molecule is C=Cc1cccc(CC)c1CC.CN. The summed E-state index contributed by atoms with van der Waals surface area (Å²) in [6, 6.07) is 6.44. The maximum absolute atomic E-state index is 4.50. The van der Waals surface area contributed by atoms with E-state index in [2.05, 4.69) is 44.4 Å². The molecule has 0 aromatic heterocycles. The minimum Gasteiger partial charge on any atom is -0.333 e. The van der Waals surface area contributed by atoms with Crippen molar-refractivity contribution in [1.82, 2.24) is 0 Å². The first kappa shape index (κ1) is 12.9. The van der Waals surface area contributed by atoms with Gasteiger partial charge in [-0.1, -0.05) is 44.7 Å². The molecule has 0 radical (unpaired) electrons. The lowest BCUT2D eigenvalue weighted by Gasteiger charge is -2.08. The molecular weight excluding hydrogens is 170 g/mol. The molecule has 1 rings (SSSR count). The lowest BCUT2D eigenvalue weighted by Crippen LogP contribution is -1.93. The summed E-state index contributed by atoms with van der Waals surface area (Å²) < 4.78 is 0. The van der Waals surface area contributed by atoms with Crippen molar-refractivity contribution in [3.05, 3.63) is 41.5 Å². The van der Waals surface area contributed by atoms with Gasteiger partial charge in [0.15, 0.2) is 0 Å². The highest BCUT2D eigenvalue weighted by molar-refractivity contribution is 5.54. The van der Waals surface area contributed by atoms with E-state index in [4.69, 9.17) is 0 Å². The molecule has 1 aromatic carbocycles. The molecule has 0 saturated heterocycles. The van der Waals surface area contributed by atoms with Gasteiger partial charge in [-0.3, -0.25) is 0 Å². The summed E-state index contributed by atoms with van der Waals surface area (Å²) in [6.07, 6.45) is 4.16. The van der Waals surface area contributed by atoms with Crippen LogP contribution in [0.2, 0.25) is 0 Å². The number of benzene rings is 1. The van der Waals surface area contributed by atoms with Gasteiger partial charge < -0.3 is 5.73 Å². The van der Waals surface area contributed by atoms with Crippen molar-refractivity contribution < 1.29 is 0 Å². The van der Waals surface area contributed by atoms with Crippen molar-refractivity contribution >= 4 is 6.08 Å². The topological polar surface area (TPSA) is 26.0 Å². The van der Waals surface area contributed by atoms with Crippen molar-refractivity contribution in [3.63, 3.8) is 0 Å². The Balaban J connectivity index is 0.000000791. The van der Waals surface area contributed by atoms with Crippen molar-refractivity contribution in [3.8, 4) is 0 Å². The van der Waals surface area contributed by atoms with Gasteiger partial charge in [0.1, 0.15) is 0 Å². The Hall–Kier alpha value is -1.08. The Morgan fingerprint density at radius 1 is 1.21 bits per heavy atom. The van der Waals surface area contributed by atoms with Gasteiger partial charge in [-0.05, 0) is 36.6 Å². The smallest absolute Gasteiger partial charge is 0.0195 e. The van der Waals surface area contributed by atoms with Crippen molar-refractivity contribution in [2.24, 2.45) is 5.73 Å². The van der Waals surface area contributed by atoms with Crippen LogP contribution in [-0.2, 0) is 12.8 Å². The van der Waals surface area contributed by atoms with Crippen LogP contribution in [0.5, 0.6) is 0 Å². The van der Waals surface area contributed by atoms with E-state index in [1.165, 1.54) is 23.7 Å². The van der Waals surface area contributed by atoms with Gasteiger partial charge in [0.2, 0.25) is 0 Å². The lowest BCUT2D eigenvalue weighted by atomic mass is 9.97. The third kappa shape index (κ3) is 3.00. The molecule has 0 saturated carbocycles. The molecule has 0 atom stereocenters.